The van der Waals surface area contributed by atoms with Gasteiger partial charge in [0.05, 0.1) is 5.41 Å². The third-order valence-corrected chi connectivity index (χ3v) is 14.8. The molecule has 0 fully saturated rings. The van der Waals surface area contributed by atoms with E-state index in [0.29, 0.717) is 0 Å². The summed E-state index contributed by atoms with van der Waals surface area (Å²) in [6.45, 7) is 0. The van der Waals surface area contributed by atoms with Gasteiger partial charge in [-0.2, -0.15) is 0 Å². The predicted molar refractivity (Wildman–Crippen MR) is 303 cm³/mol. The maximum atomic E-state index is 2.45. The van der Waals surface area contributed by atoms with E-state index in [4.69, 9.17) is 0 Å². The van der Waals surface area contributed by atoms with Crippen LogP contribution in [-0.2, 0) is 5.41 Å². The van der Waals surface area contributed by atoms with Crippen LogP contribution in [0.2, 0.25) is 0 Å². The van der Waals surface area contributed by atoms with Gasteiger partial charge in [-0.1, -0.05) is 249 Å². The average molecular weight is 916 g/mol. The van der Waals surface area contributed by atoms with Crippen molar-refractivity contribution in [2.75, 3.05) is 4.90 Å². The Labute approximate surface area is 422 Å². The lowest BCUT2D eigenvalue weighted by Crippen LogP contribution is -2.28. The normalized spacial score (nSPS) is 12.3. The van der Waals surface area contributed by atoms with Crippen LogP contribution in [0.3, 0.4) is 0 Å². The highest BCUT2D eigenvalue weighted by atomic mass is 15.1. The number of anilines is 3. The van der Waals surface area contributed by atoms with Gasteiger partial charge in [-0.15, -0.1) is 0 Å². The van der Waals surface area contributed by atoms with Crippen LogP contribution in [0.4, 0.5) is 17.1 Å². The Kier molecular flexibility index (Phi) is 10.8. The van der Waals surface area contributed by atoms with Crippen LogP contribution >= 0.6 is 0 Å². The van der Waals surface area contributed by atoms with E-state index < -0.39 is 5.41 Å². The Morgan fingerprint density at radius 2 is 0.625 bits per heavy atom. The van der Waals surface area contributed by atoms with Crippen LogP contribution in [0.25, 0.3) is 77.5 Å². The molecular formula is C71H49N. The molecule has 0 spiro atoms. The van der Waals surface area contributed by atoms with Crippen LogP contribution < -0.4 is 4.90 Å². The van der Waals surface area contributed by atoms with Gasteiger partial charge >= 0.3 is 0 Å². The summed E-state index contributed by atoms with van der Waals surface area (Å²) < 4.78 is 0. The molecule has 0 saturated carbocycles. The molecule has 0 aliphatic heterocycles. The minimum Gasteiger partial charge on any atom is -0.311 e. The molecule has 13 rings (SSSR count). The minimum absolute atomic E-state index is 0.460. The first-order chi connectivity index (χ1) is 35.7. The van der Waals surface area contributed by atoms with Crippen LogP contribution in [0, 0.1) is 0 Å². The molecule has 1 aliphatic rings. The molecule has 0 radical (unpaired) electrons. The van der Waals surface area contributed by atoms with Gasteiger partial charge in [0.1, 0.15) is 0 Å². The van der Waals surface area contributed by atoms with Gasteiger partial charge in [-0.3, -0.25) is 0 Å². The fourth-order valence-corrected chi connectivity index (χ4v) is 11.4. The first kappa shape index (κ1) is 42.8. The van der Waals surface area contributed by atoms with Crippen molar-refractivity contribution < 1.29 is 0 Å². The molecule has 338 valence electrons. The Balaban J connectivity index is 0.892. The highest BCUT2D eigenvalue weighted by Crippen LogP contribution is 2.57. The van der Waals surface area contributed by atoms with Crippen molar-refractivity contribution in [2.45, 2.75) is 5.41 Å². The molecule has 0 amide bonds. The first-order valence-electron chi connectivity index (χ1n) is 24.9. The highest BCUT2D eigenvalue weighted by Gasteiger charge is 2.46. The molecule has 0 heterocycles. The topological polar surface area (TPSA) is 3.24 Å². The molecule has 12 aromatic rings. The van der Waals surface area contributed by atoms with Gasteiger partial charge in [-0.25, -0.2) is 0 Å². The van der Waals surface area contributed by atoms with Gasteiger partial charge in [0.25, 0.3) is 0 Å². The molecule has 0 bridgehead atoms. The molecule has 1 aliphatic carbocycles. The zero-order chi connectivity index (χ0) is 47.8. The summed E-state index contributed by atoms with van der Waals surface area (Å²) in [7, 11) is 0. The van der Waals surface area contributed by atoms with Crippen molar-refractivity contribution in [3.05, 3.63) is 320 Å². The fraction of sp³-hybridized carbons (Fsp3) is 0.0141. The van der Waals surface area contributed by atoms with E-state index in [9.17, 15) is 0 Å². The van der Waals surface area contributed by atoms with Crippen molar-refractivity contribution in [1.82, 2.24) is 0 Å². The quantitative estimate of drug-likeness (QED) is 0.132. The van der Waals surface area contributed by atoms with Crippen LogP contribution in [0.5, 0.6) is 0 Å². The standard InChI is InChI=1S/C71H49N/c1-4-18-52(19-5-1)63-29-12-13-30-65(63)54-38-45-62(46-39-54)72(60-41-34-50(35-42-60)55-22-16-23-57(48-55)66-32-17-21-53-20-10-11-28-64(53)66)61-43-36-51(37-44-61)56-40-47-68-67-31-14-15-33-69(67)71(70(68)49-56,58-24-6-2-7-25-58)59-26-8-3-9-27-59/h1-49H. The number of hydrogen-bond donors (Lipinski definition) is 0. The molecule has 1 heteroatoms. The van der Waals surface area contributed by atoms with Gasteiger partial charge in [0.2, 0.25) is 0 Å². The Morgan fingerprint density at radius 3 is 1.25 bits per heavy atom. The summed E-state index contributed by atoms with van der Waals surface area (Å²) in [5, 5.41) is 2.51. The molecule has 0 saturated heterocycles. The van der Waals surface area contributed by atoms with Gasteiger partial charge in [-0.05, 0) is 148 Å². The fourth-order valence-electron chi connectivity index (χ4n) is 11.4. The van der Waals surface area contributed by atoms with Crippen molar-refractivity contribution >= 4 is 27.8 Å². The molecule has 0 aromatic heterocycles. The number of hydrogen-bond acceptors (Lipinski definition) is 1. The Bertz CT molecular complexity index is 3830. The smallest absolute Gasteiger partial charge is 0.0713 e. The second kappa shape index (κ2) is 18.2. The lowest BCUT2D eigenvalue weighted by atomic mass is 9.67. The molecule has 0 N–H and O–H groups in total. The number of fused-ring (bicyclic) bond motifs is 4. The van der Waals surface area contributed by atoms with Crippen LogP contribution in [0.1, 0.15) is 22.3 Å². The number of rotatable bonds is 10. The first-order valence-corrected chi connectivity index (χ1v) is 24.9. The van der Waals surface area contributed by atoms with Gasteiger partial charge in [0, 0.05) is 17.1 Å². The van der Waals surface area contributed by atoms with E-state index >= 15 is 0 Å². The Morgan fingerprint density at radius 1 is 0.222 bits per heavy atom. The molecule has 0 unspecified atom stereocenters. The number of benzene rings is 12. The molecular weight excluding hydrogens is 867 g/mol. The monoisotopic (exact) mass is 915 g/mol. The van der Waals surface area contributed by atoms with Gasteiger partial charge in [0.15, 0.2) is 0 Å². The summed E-state index contributed by atoms with van der Waals surface area (Å²) in [4.78, 5) is 2.38. The van der Waals surface area contributed by atoms with Crippen molar-refractivity contribution in [3.8, 4) is 66.8 Å². The summed E-state index contributed by atoms with van der Waals surface area (Å²) in [6.07, 6.45) is 0. The van der Waals surface area contributed by atoms with E-state index in [0.717, 1.165) is 17.1 Å². The average Bonchev–Trinajstić information content (AvgIpc) is 3.77. The zero-order valence-electron chi connectivity index (χ0n) is 39.7. The maximum absolute atomic E-state index is 2.45. The SMILES string of the molecule is c1ccc(-c2ccccc2-c2ccc(N(c3ccc(-c4cccc(-c5cccc6ccccc56)c4)cc3)c3ccc(-c4ccc5c(c4)C(c4ccccc4)(c4ccccc4)c4ccccc4-5)cc3)cc2)cc1. The van der Waals surface area contributed by atoms with Crippen LogP contribution in [0.15, 0.2) is 297 Å². The lowest BCUT2D eigenvalue weighted by molar-refractivity contribution is 0.769. The van der Waals surface area contributed by atoms with E-state index in [1.54, 1.807) is 0 Å². The van der Waals surface area contributed by atoms with Crippen molar-refractivity contribution in [2.24, 2.45) is 0 Å². The molecule has 72 heavy (non-hydrogen) atoms. The second-order valence-corrected chi connectivity index (χ2v) is 18.8. The zero-order valence-corrected chi connectivity index (χ0v) is 39.7. The summed E-state index contributed by atoms with van der Waals surface area (Å²) >= 11 is 0. The maximum Gasteiger partial charge on any atom is 0.0713 e. The summed E-state index contributed by atoms with van der Waals surface area (Å²) in [5.41, 5.74) is 22.5. The van der Waals surface area contributed by atoms with E-state index in [-0.39, 0.29) is 0 Å². The largest absolute Gasteiger partial charge is 0.311 e. The van der Waals surface area contributed by atoms with E-state index in [1.807, 2.05) is 0 Å². The third-order valence-electron chi connectivity index (χ3n) is 14.8. The molecule has 12 aromatic carbocycles. The third kappa shape index (κ3) is 7.42. The highest BCUT2D eigenvalue weighted by molar-refractivity contribution is 5.97. The van der Waals surface area contributed by atoms with Gasteiger partial charge < -0.3 is 4.90 Å². The minimum atomic E-state index is -0.460. The molecule has 0 atom stereocenters. The van der Waals surface area contributed by atoms with Crippen molar-refractivity contribution in [3.63, 3.8) is 0 Å². The van der Waals surface area contributed by atoms with E-state index in [2.05, 4.69) is 302 Å². The lowest BCUT2D eigenvalue weighted by Gasteiger charge is -2.34. The predicted octanol–water partition coefficient (Wildman–Crippen LogP) is 19.0. The van der Waals surface area contributed by atoms with E-state index in [1.165, 1.54) is 99.8 Å². The van der Waals surface area contributed by atoms with Crippen LogP contribution in [-0.4, -0.2) is 0 Å². The van der Waals surface area contributed by atoms with Crippen molar-refractivity contribution in [1.29, 1.82) is 0 Å². The second-order valence-electron chi connectivity index (χ2n) is 18.8. The summed E-state index contributed by atoms with van der Waals surface area (Å²) in [6, 6.07) is 109. The summed E-state index contributed by atoms with van der Waals surface area (Å²) in [5.74, 6) is 0. The number of nitrogens with zero attached hydrogens (tertiary/aromatic N) is 1. The molecule has 1 nitrogen and oxygen atoms in total. The Hall–Kier alpha value is -9.30.